The summed E-state index contributed by atoms with van der Waals surface area (Å²) in [6.45, 7) is 3.40. The quantitative estimate of drug-likeness (QED) is 0.827. The van der Waals surface area contributed by atoms with E-state index in [1.807, 2.05) is 12.1 Å². The second-order valence-corrected chi connectivity index (χ2v) is 5.06. The first kappa shape index (κ1) is 10.8. The molecule has 0 spiro atoms. The van der Waals surface area contributed by atoms with Crippen LogP contribution in [0.4, 0.5) is 5.82 Å². The summed E-state index contributed by atoms with van der Waals surface area (Å²) in [6, 6.07) is 4.02. The van der Waals surface area contributed by atoms with Crippen LogP contribution in [-0.4, -0.2) is 34.5 Å². The molecule has 1 fully saturated rings. The third-order valence-electron chi connectivity index (χ3n) is 2.57. The summed E-state index contributed by atoms with van der Waals surface area (Å²) < 4.78 is 0. The smallest absolute Gasteiger partial charge is 0.123 e. The number of aromatic nitrogens is 1. The molecular formula is C11H17N3S. The van der Waals surface area contributed by atoms with E-state index in [-0.39, 0.29) is 0 Å². The lowest BCUT2D eigenvalue weighted by Gasteiger charge is -2.19. The molecule has 1 saturated heterocycles. The molecule has 0 unspecified atom stereocenters. The van der Waals surface area contributed by atoms with Crippen LogP contribution >= 0.6 is 11.8 Å². The molecule has 2 rings (SSSR count). The highest BCUT2D eigenvalue weighted by atomic mass is 32.2. The van der Waals surface area contributed by atoms with Crippen LogP contribution in [0.1, 0.15) is 12.0 Å². The molecule has 0 radical (unpaired) electrons. The highest BCUT2D eigenvalue weighted by molar-refractivity contribution is 7.99. The Morgan fingerprint density at radius 2 is 2.33 bits per heavy atom. The van der Waals surface area contributed by atoms with Crippen molar-refractivity contribution in [1.29, 1.82) is 0 Å². The van der Waals surface area contributed by atoms with Crippen LogP contribution in [0.2, 0.25) is 0 Å². The second-order valence-electron chi connectivity index (χ2n) is 3.83. The lowest BCUT2D eigenvalue weighted by Crippen LogP contribution is -2.25. The Morgan fingerprint density at radius 1 is 1.40 bits per heavy atom. The van der Waals surface area contributed by atoms with E-state index >= 15 is 0 Å². The van der Waals surface area contributed by atoms with Crippen molar-refractivity contribution in [3.05, 3.63) is 23.9 Å². The number of rotatable bonds is 2. The van der Waals surface area contributed by atoms with Gasteiger partial charge in [0.2, 0.25) is 0 Å². The summed E-state index contributed by atoms with van der Waals surface area (Å²) >= 11 is 2.05. The summed E-state index contributed by atoms with van der Waals surface area (Å²) in [4.78, 5) is 6.50. The molecule has 0 bridgehead atoms. The molecule has 82 valence electrons. The van der Waals surface area contributed by atoms with E-state index in [1.54, 1.807) is 6.20 Å². The molecular weight excluding hydrogens is 206 g/mol. The van der Waals surface area contributed by atoms with Gasteiger partial charge in [0.05, 0.1) is 0 Å². The first-order chi connectivity index (χ1) is 7.34. The zero-order valence-electron chi connectivity index (χ0n) is 8.85. The Balaban J connectivity index is 1.95. The molecule has 0 saturated carbocycles. The average molecular weight is 223 g/mol. The minimum Gasteiger partial charge on any atom is -0.384 e. The molecule has 0 aromatic carbocycles. The Kier molecular flexibility index (Phi) is 3.86. The largest absolute Gasteiger partial charge is 0.384 e. The maximum atomic E-state index is 5.66. The lowest BCUT2D eigenvalue weighted by atomic mass is 10.2. The lowest BCUT2D eigenvalue weighted by molar-refractivity contribution is 0.287. The fourth-order valence-electron chi connectivity index (χ4n) is 1.81. The van der Waals surface area contributed by atoms with Gasteiger partial charge in [0.15, 0.2) is 0 Å². The van der Waals surface area contributed by atoms with Crippen molar-refractivity contribution in [2.24, 2.45) is 0 Å². The van der Waals surface area contributed by atoms with E-state index in [2.05, 4.69) is 21.6 Å². The van der Waals surface area contributed by atoms with Gasteiger partial charge in [-0.2, -0.15) is 11.8 Å². The number of nitrogens with two attached hydrogens (primary N) is 1. The molecule has 0 amide bonds. The van der Waals surface area contributed by atoms with Crippen LogP contribution in [0, 0.1) is 0 Å². The number of anilines is 1. The van der Waals surface area contributed by atoms with Gasteiger partial charge in [-0.05, 0) is 36.4 Å². The number of nitrogen functional groups attached to an aromatic ring is 1. The van der Waals surface area contributed by atoms with E-state index in [0.29, 0.717) is 5.82 Å². The molecule has 1 aliphatic heterocycles. The van der Waals surface area contributed by atoms with Crippen molar-refractivity contribution in [3.63, 3.8) is 0 Å². The highest BCUT2D eigenvalue weighted by Gasteiger charge is 2.09. The minimum atomic E-state index is 0.622. The Morgan fingerprint density at radius 3 is 3.20 bits per heavy atom. The Hall–Kier alpha value is -0.740. The molecule has 0 aliphatic carbocycles. The standard InChI is InChI=1S/C11H17N3S/c12-11-8-10(2-3-13-11)9-14-4-1-6-15-7-5-14/h2-3,8H,1,4-7,9H2,(H2,12,13). The maximum Gasteiger partial charge on any atom is 0.123 e. The van der Waals surface area contributed by atoms with Crippen LogP contribution in [0.25, 0.3) is 0 Å². The molecule has 0 atom stereocenters. The van der Waals surface area contributed by atoms with Crippen LogP contribution < -0.4 is 5.73 Å². The number of thioether (sulfide) groups is 1. The summed E-state index contributed by atoms with van der Waals surface area (Å²) in [7, 11) is 0. The van der Waals surface area contributed by atoms with E-state index < -0.39 is 0 Å². The van der Waals surface area contributed by atoms with Gasteiger partial charge in [0.25, 0.3) is 0 Å². The molecule has 1 aromatic heterocycles. The summed E-state index contributed by atoms with van der Waals surface area (Å²) in [6.07, 6.45) is 3.09. The van der Waals surface area contributed by atoms with E-state index in [0.717, 1.165) is 6.54 Å². The van der Waals surface area contributed by atoms with Gasteiger partial charge in [-0.15, -0.1) is 0 Å². The summed E-state index contributed by atoms with van der Waals surface area (Å²) in [5.74, 6) is 3.17. The molecule has 2 N–H and O–H groups in total. The van der Waals surface area contributed by atoms with Crippen LogP contribution in [0.15, 0.2) is 18.3 Å². The first-order valence-corrected chi connectivity index (χ1v) is 6.50. The SMILES string of the molecule is Nc1cc(CN2CCCSCC2)ccn1. The Bertz CT molecular complexity index is 308. The fourth-order valence-corrected chi connectivity index (χ4v) is 2.73. The van der Waals surface area contributed by atoms with Crippen LogP contribution in [0.3, 0.4) is 0 Å². The number of pyridine rings is 1. The predicted octanol–water partition coefficient (Wildman–Crippen LogP) is 1.60. The first-order valence-electron chi connectivity index (χ1n) is 5.35. The van der Waals surface area contributed by atoms with E-state index in [1.165, 1.54) is 36.6 Å². The maximum absolute atomic E-state index is 5.66. The van der Waals surface area contributed by atoms with Gasteiger partial charge >= 0.3 is 0 Å². The zero-order valence-corrected chi connectivity index (χ0v) is 9.67. The topological polar surface area (TPSA) is 42.1 Å². The minimum absolute atomic E-state index is 0.622. The van der Waals surface area contributed by atoms with Gasteiger partial charge in [-0.1, -0.05) is 0 Å². The van der Waals surface area contributed by atoms with Crippen molar-refractivity contribution in [2.45, 2.75) is 13.0 Å². The molecule has 4 heteroatoms. The third-order valence-corrected chi connectivity index (χ3v) is 3.62. The predicted molar refractivity (Wildman–Crippen MR) is 65.9 cm³/mol. The van der Waals surface area contributed by atoms with Crippen molar-refractivity contribution < 1.29 is 0 Å². The average Bonchev–Trinajstić information content (AvgIpc) is 2.46. The van der Waals surface area contributed by atoms with Crippen molar-refractivity contribution >= 4 is 17.6 Å². The van der Waals surface area contributed by atoms with Gasteiger partial charge in [-0.3, -0.25) is 4.90 Å². The van der Waals surface area contributed by atoms with Crippen LogP contribution in [-0.2, 0) is 6.54 Å². The number of hydrogen-bond donors (Lipinski definition) is 1. The molecule has 1 aromatic rings. The molecule has 2 heterocycles. The third kappa shape index (κ3) is 3.39. The molecule has 1 aliphatic rings. The van der Waals surface area contributed by atoms with Crippen LogP contribution in [0.5, 0.6) is 0 Å². The van der Waals surface area contributed by atoms with E-state index in [9.17, 15) is 0 Å². The summed E-state index contributed by atoms with van der Waals surface area (Å²) in [5.41, 5.74) is 6.93. The fraction of sp³-hybridized carbons (Fsp3) is 0.545. The van der Waals surface area contributed by atoms with Gasteiger partial charge in [0, 0.05) is 25.0 Å². The molecule has 3 nitrogen and oxygen atoms in total. The van der Waals surface area contributed by atoms with Crippen molar-refractivity contribution in [1.82, 2.24) is 9.88 Å². The Labute approximate surface area is 95.1 Å². The van der Waals surface area contributed by atoms with Gasteiger partial charge < -0.3 is 5.73 Å². The summed E-state index contributed by atoms with van der Waals surface area (Å²) in [5, 5.41) is 0. The van der Waals surface area contributed by atoms with Crippen molar-refractivity contribution in [2.75, 3.05) is 30.3 Å². The van der Waals surface area contributed by atoms with Crippen molar-refractivity contribution in [3.8, 4) is 0 Å². The highest BCUT2D eigenvalue weighted by Crippen LogP contribution is 2.13. The number of nitrogens with zero attached hydrogens (tertiary/aromatic N) is 2. The number of hydrogen-bond acceptors (Lipinski definition) is 4. The zero-order chi connectivity index (χ0) is 10.5. The molecule has 15 heavy (non-hydrogen) atoms. The second kappa shape index (κ2) is 5.37. The van der Waals surface area contributed by atoms with Gasteiger partial charge in [0.1, 0.15) is 5.82 Å². The normalized spacial score (nSPS) is 18.7. The monoisotopic (exact) mass is 223 g/mol. The van der Waals surface area contributed by atoms with E-state index in [4.69, 9.17) is 5.73 Å². The van der Waals surface area contributed by atoms with Gasteiger partial charge in [-0.25, -0.2) is 4.98 Å².